The number of carbonyl (C=O) groups excluding carboxylic acids is 1. The van der Waals surface area contributed by atoms with Crippen molar-refractivity contribution in [3.63, 3.8) is 0 Å². The Bertz CT molecular complexity index is 720. The van der Waals surface area contributed by atoms with Crippen LogP contribution >= 0.6 is 0 Å². The second kappa shape index (κ2) is 5.49. The van der Waals surface area contributed by atoms with Gasteiger partial charge >= 0.3 is 0 Å². The number of rotatable bonds is 2. The van der Waals surface area contributed by atoms with Gasteiger partial charge < -0.3 is 5.32 Å². The summed E-state index contributed by atoms with van der Waals surface area (Å²) in [5, 5.41) is 11.1. The van der Waals surface area contributed by atoms with E-state index in [0.717, 1.165) is 6.07 Å². The highest BCUT2D eigenvalue weighted by molar-refractivity contribution is 6.04. The molecule has 0 bridgehead atoms. The van der Waals surface area contributed by atoms with E-state index >= 15 is 0 Å². The number of amides is 1. The molecule has 2 aromatic carbocycles. The smallest absolute Gasteiger partial charge is 0.258 e. The van der Waals surface area contributed by atoms with Gasteiger partial charge in [0.1, 0.15) is 17.7 Å². The Morgan fingerprint density at radius 1 is 1.15 bits per heavy atom. The molecule has 0 atom stereocenters. The average Bonchev–Trinajstić information content (AvgIpc) is 2.40. The fourth-order valence-corrected chi connectivity index (χ4v) is 1.69. The Morgan fingerprint density at radius 2 is 1.90 bits per heavy atom. The first-order chi connectivity index (χ1) is 9.51. The minimum absolute atomic E-state index is 0.113. The maximum atomic E-state index is 13.6. The summed E-state index contributed by atoms with van der Waals surface area (Å²) in [6, 6.07) is 9.47. The van der Waals surface area contributed by atoms with Gasteiger partial charge in [0, 0.05) is 5.69 Å². The molecule has 0 aliphatic heterocycles. The molecular formula is C15H10F2N2O. The highest BCUT2D eigenvalue weighted by Gasteiger charge is 2.12. The van der Waals surface area contributed by atoms with E-state index in [1.165, 1.54) is 24.3 Å². The topological polar surface area (TPSA) is 52.9 Å². The fourth-order valence-electron chi connectivity index (χ4n) is 1.69. The van der Waals surface area contributed by atoms with Crippen LogP contribution in [0.15, 0.2) is 36.4 Å². The summed E-state index contributed by atoms with van der Waals surface area (Å²) < 4.78 is 26.8. The molecular weight excluding hydrogens is 262 g/mol. The molecule has 1 N–H and O–H groups in total. The molecule has 1 amide bonds. The van der Waals surface area contributed by atoms with Crippen molar-refractivity contribution >= 4 is 11.6 Å². The molecule has 0 aliphatic rings. The minimum atomic E-state index is -0.674. The first kappa shape index (κ1) is 13.7. The number of benzene rings is 2. The van der Waals surface area contributed by atoms with Crippen molar-refractivity contribution in [2.24, 2.45) is 0 Å². The largest absolute Gasteiger partial charge is 0.322 e. The van der Waals surface area contributed by atoms with E-state index in [-0.39, 0.29) is 16.8 Å². The van der Waals surface area contributed by atoms with Crippen molar-refractivity contribution < 1.29 is 13.6 Å². The van der Waals surface area contributed by atoms with Gasteiger partial charge in [-0.2, -0.15) is 5.26 Å². The molecule has 0 spiro atoms. The number of hydrogen-bond acceptors (Lipinski definition) is 2. The van der Waals surface area contributed by atoms with Gasteiger partial charge in [-0.3, -0.25) is 4.79 Å². The summed E-state index contributed by atoms with van der Waals surface area (Å²) in [5.74, 6) is -1.96. The SMILES string of the molecule is Cc1ccc(C(=O)Nc2ccc(F)c(C#N)c2)c(F)c1. The standard InChI is InChI=1S/C15H10F2N2O/c1-9-2-4-12(14(17)6-9)15(20)19-11-3-5-13(16)10(7-11)8-18/h2-7H,1H3,(H,19,20). The molecule has 0 saturated carbocycles. The third-order valence-electron chi connectivity index (χ3n) is 2.71. The Balaban J connectivity index is 2.26. The number of anilines is 1. The van der Waals surface area contributed by atoms with E-state index in [0.29, 0.717) is 5.56 Å². The number of halogens is 2. The van der Waals surface area contributed by atoms with E-state index < -0.39 is 17.5 Å². The Labute approximate surface area is 114 Å². The zero-order chi connectivity index (χ0) is 14.7. The third-order valence-corrected chi connectivity index (χ3v) is 2.71. The summed E-state index contributed by atoms with van der Waals surface area (Å²) in [6.45, 7) is 1.71. The van der Waals surface area contributed by atoms with E-state index in [2.05, 4.69) is 5.32 Å². The van der Waals surface area contributed by atoms with E-state index in [1.807, 2.05) is 0 Å². The van der Waals surface area contributed by atoms with Gasteiger partial charge in [0.05, 0.1) is 11.1 Å². The normalized spacial score (nSPS) is 9.90. The van der Waals surface area contributed by atoms with Crippen LogP contribution in [0.1, 0.15) is 21.5 Å². The van der Waals surface area contributed by atoms with E-state index in [4.69, 9.17) is 5.26 Å². The number of nitrogens with one attached hydrogen (secondary N) is 1. The van der Waals surface area contributed by atoms with Crippen LogP contribution in [0.25, 0.3) is 0 Å². The molecule has 20 heavy (non-hydrogen) atoms. The van der Waals surface area contributed by atoms with Crippen LogP contribution in [-0.2, 0) is 0 Å². The minimum Gasteiger partial charge on any atom is -0.322 e. The van der Waals surface area contributed by atoms with Gasteiger partial charge in [0.15, 0.2) is 0 Å². The Morgan fingerprint density at radius 3 is 2.55 bits per heavy atom. The van der Waals surface area contributed by atoms with Gasteiger partial charge in [-0.15, -0.1) is 0 Å². The molecule has 3 nitrogen and oxygen atoms in total. The molecule has 0 heterocycles. The van der Waals surface area contributed by atoms with E-state index in [1.54, 1.807) is 19.1 Å². The van der Waals surface area contributed by atoms with Crippen LogP contribution in [-0.4, -0.2) is 5.91 Å². The monoisotopic (exact) mass is 272 g/mol. The van der Waals surface area contributed by atoms with Crippen molar-refractivity contribution in [1.29, 1.82) is 5.26 Å². The van der Waals surface area contributed by atoms with E-state index in [9.17, 15) is 13.6 Å². The lowest BCUT2D eigenvalue weighted by molar-refractivity contribution is 0.102. The lowest BCUT2D eigenvalue weighted by atomic mass is 10.1. The van der Waals surface area contributed by atoms with Crippen LogP contribution in [0.4, 0.5) is 14.5 Å². The van der Waals surface area contributed by atoms with Crippen LogP contribution < -0.4 is 5.32 Å². The second-order valence-corrected chi connectivity index (χ2v) is 4.24. The first-order valence-electron chi connectivity index (χ1n) is 5.78. The molecule has 0 fully saturated rings. The lowest BCUT2D eigenvalue weighted by Gasteiger charge is -2.07. The van der Waals surface area contributed by atoms with Crippen molar-refractivity contribution in [1.82, 2.24) is 0 Å². The molecule has 2 rings (SSSR count). The van der Waals surface area contributed by atoms with Crippen molar-refractivity contribution in [2.45, 2.75) is 6.92 Å². The fraction of sp³-hybridized carbons (Fsp3) is 0.0667. The van der Waals surface area contributed by atoms with Crippen LogP contribution in [0, 0.1) is 29.9 Å². The van der Waals surface area contributed by atoms with Crippen molar-refractivity contribution in [3.05, 3.63) is 64.7 Å². The quantitative estimate of drug-likeness (QED) is 0.911. The average molecular weight is 272 g/mol. The summed E-state index contributed by atoms with van der Waals surface area (Å²) in [7, 11) is 0. The molecule has 0 unspecified atom stereocenters. The molecule has 0 aliphatic carbocycles. The molecule has 0 saturated heterocycles. The predicted octanol–water partition coefficient (Wildman–Crippen LogP) is 3.40. The maximum Gasteiger partial charge on any atom is 0.258 e. The van der Waals surface area contributed by atoms with Crippen LogP contribution in [0.3, 0.4) is 0 Å². The number of aryl methyl sites for hydroxylation is 1. The third kappa shape index (κ3) is 2.81. The summed E-state index contributed by atoms with van der Waals surface area (Å²) >= 11 is 0. The highest BCUT2D eigenvalue weighted by atomic mass is 19.1. The maximum absolute atomic E-state index is 13.6. The molecule has 0 aromatic heterocycles. The molecule has 100 valence electrons. The summed E-state index contributed by atoms with van der Waals surface area (Å²) in [6.07, 6.45) is 0. The Hall–Kier alpha value is -2.74. The summed E-state index contributed by atoms with van der Waals surface area (Å²) in [4.78, 5) is 11.9. The zero-order valence-corrected chi connectivity index (χ0v) is 10.6. The zero-order valence-electron chi connectivity index (χ0n) is 10.6. The second-order valence-electron chi connectivity index (χ2n) is 4.24. The van der Waals surface area contributed by atoms with Crippen molar-refractivity contribution in [3.8, 4) is 6.07 Å². The number of carbonyl (C=O) groups is 1. The van der Waals surface area contributed by atoms with Gasteiger partial charge in [-0.05, 0) is 42.8 Å². The first-order valence-corrected chi connectivity index (χ1v) is 5.78. The van der Waals surface area contributed by atoms with Crippen molar-refractivity contribution in [2.75, 3.05) is 5.32 Å². The number of nitriles is 1. The van der Waals surface area contributed by atoms with Gasteiger partial charge in [0.2, 0.25) is 0 Å². The number of hydrogen-bond donors (Lipinski definition) is 1. The van der Waals surface area contributed by atoms with Gasteiger partial charge in [-0.1, -0.05) is 6.07 Å². The summed E-state index contributed by atoms with van der Waals surface area (Å²) in [5.41, 5.74) is 0.631. The van der Waals surface area contributed by atoms with Crippen LogP contribution in [0.5, 0.6) is 0 Å². The molecule has 0 radical (unpaired) electrons. The predicted molar refractivity (Wildman–Crippen MR) is 70.2 cm³/mol. The molecule has 2 aromatic rings. The number of nitrogens with zero attached hydrogens (tertiary/aromatic N) is 1. The molecule has 5 heteroatoms. The van der Waals surface area contributed by atoms with Gasteiger partial charge in [0.25, 0.3) is 5.91 Å². The highest BCUT2D eigenvalue weighted by Crippen LogP contribution is 2.16. The lowest BCUT2D eigenvalue weighted by Crippen LogP contribution is -2.14. The van der Waals surface area contributed by atoms with Crippen LogP contribution in [0.2, 0.25) is 0 Å². The van der Waals surface area contributed by atoms with Gasteiger partial charge in [-0.25, -0.2) is 8.78 Å². The Kier molecular flexibility index (Phi) is 3.76.